The molecular formula is C24H29F2N3O5. The van der Waals surface area contributed by atoms with E-state index >= 15 is 0 Å². The fraction of sp³-hybridized carbons (Fsp3) is 0.625. The highest BCUT2D eigenvalue weighted by atomic mass is 19.3. The number of carbonyl (C=O) groups is 3. The van der Waals surface area contributed by atoms with Crippen molar-refractivity contribution in [3.05, 3.63) is 29.3 Å². The third-order valence-corrected chi connectivity index (χ3v) is 7.25. The lowest BCUT2D eigenvalue weighted by atomic mass is 9.89. The van der Waals surface area contributed by atoms with Crippen molar-refractivity contribution >= 4 is 17.7 Å². The molecule has 3 unspecified atom stereocenters. The van der Waals surface area contributed by atoms with Gasteiger partial charge < -0.3 is 14.4 Å². The van der Waals surface area contributed by atoms with Crippen molar-refractivity contribution < 1.29 is 32.6 Å². The fourth-order valence-corrected chi connectivity index (χ4v) is 5.49. The Hall–Kier alpha value is -2.59. The van der Waals surface area contributed by atoms with Gasteiger partial charge in [-0.05, 0) is 49.4 Å². The van der Waals surface area contributed by atoms with Crippen LogP contribution in [0.15, 0.2) is 18.2 Å². The lowest BCUT2D eigenvalue weighted by Crippen LogP contribution is -2.61. The molecule has 0 radical (unpaired) electrons. The number of nitrogens with zero attached hydrogens (tertiary/aromatic N) is 2. The lowest BCUT2D eigenvalue weighted by Gasteiger charge is -2.48. The minimum absolute atomic E-state index is 0.0220. The summed E-state index contributed by atoms with van der Waals surface area (Å²) in [5.74, 6) is -0.261. The standard InChI is InChI=1S/C24H29F2N3O5/c25-21(26)13-33-16-11-28(12-16)18-3-1-2-4-20(18)34-15-5-6-17-14(9-15)10-29(24(17)32)19-7-8-22(30)27-23(19)31/h5-6,9,16,18-21H,1-4,7-8,10-13H2,(H,27,30,31). The monoisotopic (exact) mass is 477 g/mol. The lowest BCUT2D eigenvalue weighted by molar-refractivity contribution is -0.136. The molecule has 0 aromatic heterocycles. The first-order valence-corrected chi connectivity index (χ1v) is 12.0. The highest BCUT2D eigenvalue weighted by molar-refractivity contribution is 6.05. The molecule has 3 aliphatic heterocycles. The third-order valence-electron chi connectivity index (χ3n) is 7.25. The van der Waals surface area contributed by atoms with Crippen LogP contribution in [-0.4, -0.2) is 77.9 Å². The summed E-state index contributed by atoms with van der Waals surface area (Å²) in [6.45, 7) is 1.06. The number of fused-ring (bicyclic) bond motifs is 1. The van der Waals surface area contributed by atoms with Gasteiger partial charge in [0.05, 0.1) is 6.10 Å². The maximum absolute atomic E-state index is 12.9. The second kappa shape index (κ2) is 9.58. The molecule has 3 atom stereocenters. The molecule has 3 fully saturated rings. The van der Waals surface area contributed by atoms with E-state index < -0.39 is 25.0 Å². The number of halogens is 2. The average Bonchev–Trinajstić information content (AvgIpc) is 3.09. The Labute approximate surface area is 196 Å². The van der Waals surface area contributed by atoms with Gasteiger partial charge >= 0.3 is 0 Å². The van der Waals surface area contributed by atoms with E-state index in [1.54, 1.807) is 12.1 Å². The molecule has 3 amide bonds. The molecule has 184 valence electrons. The molecule has 8 nitrogen and oxygen atoms in total. The van der Waals surface area contributed by atoms with Gasteiger partial charge in [-0.3, -0.25) is 24.6 Å². The maximum atomic E-state index is 12.9. The van der Waals surface area contributed by atoms with Crippen molar-refractivity contribution in [1.29, 1.82) is 0 Å². The number of hydrogen-bond donors (Lipinski definition) is 1. The van der Waals surface area contributed by atoms with Gasteiger partial charge in [0.25, 0.3) is 12.3 Å². The smallest absolute Gasteiger partial charge is 0.261 e. The van der Waals surface area contributed by atoms with Crippen molar-refractivity contribution in [3.63, 3.8) is 0 Å². The van der Waals surface area contributed by atoms with E-state index in [2.05, 4.69) is 10.2 Å². The summed E-state index contributed by atoms with van der Waals surface area (Å²) in [6.07, 6.45) is 1.98. The quantitative estimate of drug-likeness (QED) is 0.606. The van der Waals surface area contributed by atoms with Crippen LogP contribution in [-0.2, 0) is 20.9 Å². The van der Waals surface area contributed by atoms with Gasteiger partial charge in [0.15, 0.2) is 0 Å². The van der Waals surface area contributed by atoms with Crippen LogP contribution < -0.4 is 10.1 Å². The summed E-state index contributed by atoms with van der Waals surface area (Å²) < 4.78 is 36.4. The number of nitrogens with one attached hydrogen (secondary N) is 1. The number of hydrogen-bond acceptors (Lipinski definition) is 6. The minimum atomic E-state index is -2.45. The Kier molecular flexibility index (Phi) is 6.52. The maximum Gasteiger partial charge on any atom is 0.261 e. The molecule has 3 heterocycles. The molecule has 1 aliphatic carbocycles. The van der Waals surface area contributed by atoms with Gasteiger partial charge in [-0.2, -0.15) is 0 Å². The summed E-state index contributed by atoms with van der Waals surface area (Å²) in [6, 6.07) is 4.97. The molecule has 0 bridgehead atoms. The van der Waals surface area contributed by atoms with Crippen LogP contribution in [0.25, 0.3) is 0 Å². The second-order valence-electron chi connectivity index (χ2n) is 9.53. The van der Waals surface area contributed by atoms with E-state index in [1.807, 2.05) is 6.07 Å². The minimum Gasteiger partial charge on any atom is -0.489 e. The zero-order chi connectivity index (χ0) is 23.8. The molecule has 2 saturated heterocycles. The summed E-state index contributed by atoms with van der Waals surface area (Å²) >= 11 is 0. The van der Waals surface area contributed by atoms with E-state index in [4.69, 9.17) is 9.47 Å². The summed E-state index contributed by atoms with van der Waals surface area (Å²) in [5.41, 5.74) is 1.36. The number of ether oxygens (including phenoxy) is 2. The molecule has 34 heavy (non-hydrogen) atoms. The normalized spacial score (nSPS) is 28.1. The van der Waals surface area contributed by atoms with Crippen LogP contribution in [0, 0.1) is 0 Å². The molecule has 1 aromatic carbocycles. The Morgan fingerprint density at radius 3 is 2.65 bits per heavy atom. The number of benzene rings is 1. The van der Waals surface area contributed by atoms with E-state index in [0.717, 1.165) is 31.2 Å². The Morgan fingerprint density at radius 1 is 1.09 bits per heavy atom. The predicted octanol–water partition coefficient (Wildman–Crippen LogP) is 2.10. The van der Waals surface area contributed by atoms with Crippen LogP contribution in [0.1, 0.15) is 54.4 Å². The van der Waals surface area contributed by atoms with Gasteiger partial charge in [-0.15, -0.1) is 0 Å². The molecule has 0 spiro atoms. The SMILES string of the molecule is O=C1CCC(N2Cc3cc(OC4CCCCC4N4CC(OCC(F)F)C4)ccc3C2=O)C(=O)N1. The van der Waals surface area contributed by atoms with Crippen molar-refractivity contribution in [1.82, 2.24) is 15.1 Å². The van der Waals surface area contributed by atoms with E-state index in [9.17, 15) is 23.2 Å². The third kappa shape index (κ3) is 4.65. The first-order valence-electron chi connectivity index (χ1n) is 12.0. The summed E-state index contributed by atoms with van der Waals surface area (Å²) in [5, 5.41) is 2.31. The largest absolute Gasteiger partial charge is 0.489 e. The van der Waals surface area contributed by atoms with Crippen LogP contribution in [0.2, 0.25) is 0 Å². The number of carbonyl (C=O) groups excluding carboxylic acids is 3. The zero-order valence-corrected chi connectivity index (χ0v) is 18.9. The molecule has 5 rings (SSSR count). The van der Waals surface area contributed by atoms with Gasteiger partial charge in [0.1, 0.15) is 24.5 Å². The average molecular weight is 478 g/mol. The highest BCUT2D eigenvalue weighted by Crippen LogP contribution is 2.34. The number of amides is 3. The second-order valence-corrected chi connectivity index (χ2v) is 9.53. The zero-order valence-electron chi connectivity index (χ0n) is 18.9. The Morgan fingerprint density at radius 2 is 1.88 bits per heavy atom. The number of alkyl halides is 2. The van der Waals surface area contributed by atoms with Crippen molar-refractivity contribution in [2.75, 3.05) is 19.7 Å². The first kappa shape index (κ1) is 23.2. The van der Waals surface area contributed by atoms with Crippen LogP contribution >= 0.6 is 0 Å². The van der Waals surface area contributed by atoms with E-state index in [0.29, 0.717) is 37.4 Å². The number of imide groups is 1. The van der Waals surface area contributed by atoms with Gasteiger partial charge in [0.2, 0.25) is 11.8 Å². The highest BCUT2D eigenvalue weighted by Gasteiger charge is 2.41. The van der Waals surface area contributed by atoms with Crippen molar-refractivity contribution in [3.8, 4) is 5.75 Å². The Bertz CT molecular complexity index is 968. The Balaban J connectivity index is 1.22. The van der Waals surface area contributed by atoms with Crippen LogP contribution in [0.5, 0.6) is 5.75 Å². The number of likely N-dealkylation sites (tertiary alicyclic amines) is 1. The molecule has 1 N–H and O–H groups in total. The fourth-order valence-electron chi connectivity index (χ4n) is 5.49. The van der Waals surface area contributed by atoms with Gasteiger partial charge in [-0.1, -0.05) is 6.42 Å². The summed E-state index contributed by atoms with van der Waals surface area (Å²) in [7, 11) is 0. The van der Waals surface area contributed by atoms with Crippen molar-refractivity contribution in [2.45, 2.75) is 75.8 Å². The van der Waals surface area contributed by atoms with E-state index in [-0.39, 0.29) is 36.5 Å². The molecule has 10 heteroatoms. The molecule has 1 aromatic rings. The summed E-state index contributed by atoms with van der Waals surface area (Å²) in [4.78, 5) is 40.4. The van der Waals surface area contributed by atoms with E-state index in [1.165, 1.54) is 4.90 Å². The molecule has 1 saturated carbocycles. The topological polar surface area (TPSA) is 88.2 Å². The number of piperidine rings is 1. The first-order chi connectivity index (χ1) is 16.4. The van der Waals surface area contributed by atoms with Crippen LogP contribution in [0.4, 0.5) is 8.78 Å². The van der Waals surface area contributed by atoms with Gasteiger partial charge in [0, 0.05) is 37.7 Å². The van der Waals surface area contributed by atoms with Crippen LogP contribution in [0.3, 0.4) is 0 Å². The molecule has 4 aliphatic rings. The van der Waals surface area contributed by atoms with Crippen molar-refractivity contribution in [2.24, 2.45) is 0 Å². The molecular weight excluding hydrogens is 448 g/mol. The number of rotatable bonds is 7. The predicted molar refractivity (Wildman–Crippen MR) is 116 cm³/mol. The van der Waals surface area contributed by atoms with Gasteiger partial charge in [-0.25, -0.2) is 8.78 Å².